The molecule has 150 valence electrons. The molecule has 0 spiro atoms. The summed E-state index contributed by atoms with van der Waals surface area (Å²) in [5.74, 6) is -0.500. The SMILES string of the molecule is COC1(c2cccc(C(=O)c3ccc(C(C)(C)C)cc3)c2)C=CC(C(N)=O)=CC1. The van der Waals surface area contributed by atoms with E-state index in [4.69, 9.17) is 10.5 Å². The van der Waals surface area contributed by atoms with Gasteiger partial charge in [0.2, 0.25) is 5.91 Å². The largest absolute Gasteiger partial charge is 0.369 e. The number of hydrogen-bond donors (Lipinski definition) is 1. The Balaban J connectivity index is 1.90. The van der Waals surface area contributed by atoms with Gasteiger partial charge in [-0.25, -0.2) is 0 Å². The minimum atomic E-state index is -0.731. The summed E-state index contributed by atoms with van der Waals surface area (Å²) in [7, 11) is 1.62. The van der Waals surface area contributed by atoms with Gasteiger partial charge in [0.1, 0.15) is 5.60 Å². The van der Waals surface area contributed by atoms with Crippen LogP contribution in [0, 0.1) is 0 Å². The van der Waals surface area contributed by atoms with E-state index in [1.165, 1.54) is 5.56 Å². The van der Waals surface area contributed by atoms with Gasteiger partial charge < -0.3 is 10.5 Å². The number of carbonyl (C=O) groups excluding carboxylic acids is 2. The third-order valence-corrected chi connectivity index (χ3v) is 5.43. The number of ether oxygens (including phenoxy) is 1. The Hall–Kier alpha value is -2.98. The van der Waals surface area contributed by atoms with Crippen LogP contribution in [0.15, 0.2) is 72.3 Å². The molecule has 0 radical (unpaired) electrons. The van der Waals surface area contributed by atoms with Crippen molar-refractivity contribution in [3.05, 3.63) is 94.6 Å². The normalized spacial score (nSPS) is 19.0. The lowest BCUT2D eigenvalue weighted by molar-refractivity contribution is -0.114. The topological polar surface area (TPSA) is 69.4 Å². The van der Waals surface area contributed by atoms with Gasteiger partial charge in [-0.1, -0.05) is 75.4 Å². The van der Waals surface area contributed by atoms with Crippen molar-refractivity contribution in [3.8, 4) is 0 Å². The van der Waals surface area contributed by atoms with Gasteiger partial charge in [0.05, 0.1) is 0 Å². The van der Waals surface area contributed by atoms with Crippen molar-refractivity contribution in [1.82, 2.24) is 0 Å². The summed E-state index contributed by atoms with van der Waals surface area (Å²) < 4.78 is 5.79. The van der Waals surface area contributed by atoms with Gasteiger partial charge in [-0.15, -0.1) is 0 Å². The monoisotopic (exact) mass is 389 g/mol. The van der Waals surface area contributed by atoms with Gasteiger partial charge in [-0.05, 0) is 28.7 Å². The highest BCUT2D eigenvalue weighted by Gasteiger charge is 2.31. The summed E-state index contributed by atoms with van der Waals surface area (Å²) in [6.07, 6.45) is 5.74. The zero-order valence-electron chi connectivity index (χ0n) is 17.4. The van der Waals surface area contributed by atoms with Crippen molar-refractivity contribution in [2.45, 2.75) is 38.2 Å². The van der Waals surface area contributed by atoms with Crippen LogP contribution in [0.4, 0.5) is 0 Å². The molecular weight excluding hydrogens is 362 g/mol. The van der Waals surface area contributed by atoms with Crippen molar-refractivity contribution in [3.63, 3.8) is 0 Å². The Bertz CT molecular complexity index is 993. The first-order chi connectivity index (χ1) is 13.7. The molecule has 0 heterocycles. The van der Waals surface area contributed by atoms with E-state index in [2.05, 4.69) is 20.8 Å². The molecule has 1 aliphatic rings. The highest BCUT2D eigenvalue weighted by Crippen LogP contribution is 2.35. The molecule has 2 N–H and O–H groups in total. The summed E-state index contributed by atoms with van der Waals surface area (Å²) in [6, 6.07) is 15.2. The van der Waals surface area contributed by atoms with Crippen LogP contribution in [0.25, 0.3) is 0 Å². The van der Waals surface area contributed by atoms with Crippen molar-refractivity contribution < 1.29 is 14.3 Å². The summed E-state index contributed by atoms with van der Waals surface area (Å²) in [5.41, 5.74) is 8.42. The molecule has 4 heteroatoms. The molecule has 0 aromatic heterocycles. The summed E-state index contributed by atoms with van der Waals surface area (Å²) in [4.78, 5) is 24.4. The van der Waals surface area contributed by atoms with Gasteiger partial charge in [0, 0.05) is 30.2 Å². The lowest BCUT2D eigenvalue weighted by Gasteiger charge is -2.31. The fraction of sp³-hybridized carbons (Fsp3) is 0.280. The Morgan fingerprint density at radius 3 is 2.24 bits per heavy atom. The van der Waals surface area contributed by atoms with E-state index in [1.54, 1.807) is 19.3 Å². The number of rotatable bonds is 5. The van der Waals surface area contributed by atoms with E-state index >= 15 is 0 Å². The molecule has 2 aromatic carbocycles. The van der Waals surface area contributed by atoms with Gasteiger partial charge in [0.25, 0.3) is 0 Å². The van der Waals surface area contributed by atoms with Crippen LogP contribution in [0.3, 0.4) is 0 Å². The van der Waals surface area contributed by atoms with E-state index in [-0.39, 0.29) is 11.2 Å². The van der Waals surface area contributed by atoms with Gasteiger partial charge >= 0.3 is 0 Å². The lowest BCUT2D eigenvalue weighted by Crippen LogP contribution is -2.29. The maximum absolute atomic E-state index is 13.0. The summed E-state index contributed by atoms with van der Waals surface area (Å²) in [5, 5.41) is 0. The van der Waals surface area contributed by atoms with E-state index in [1.807, 2.05) is 54.6 Å². The molecular formula is C25H27NO3. The zero-order valence-corrected chi connectivity index (χ0v) is 17.4. The van der Waals surface area contributed by atoms with Crippen LogP contribution < -0.4 is 5.73 Å². The number of hydrogen-bond acceptors (Lipinski definition) is 3. The molecule has 4 nitrogen and oxygen atoms in total. The van der Waals surface area contributed by atoms with Crippen molar-refractivity contribution in [2.75, 3.05) is 7.11 Å². The van der Waals surface area contributed by atoms with Crippen molar-refractivity contribution >= 4 is 11.7 Å². The lowest BCUT2D eigenvalue weighted by atomic mass is 9.83. The van der Waals surface area contributed by atoms with E-state index in [9.17, 15) is 9.59 Å². The third kappa shape index (κ3) is 4.22. The summed E-state index contributed by atoms with van der Waals surface area (Å²) >= 11 is 0. The van der Waals surface area contributed by atoms with E-state index in [0.29, 0.717) is 23.1 Å². The fourth-order valence-electron chi connectivity index (χ4n) is 3.50. The molecule has 0 aliphatic heterocycles. The minimum absolute atomic E-state index is 0.0354. The van der Waals surface area contributed by atoms with Crippen LogP contribution >= 0.6 is 0 Å². The Morgan fingerprint density at radius 1 is 1.03 bits per heavy atom. The van der Waals surface area contributed by atoms with Crippen LogP contribution in [0.5, 0.6) is 0 Å². The Kier molecular flexibility index (Phi) is 5.58. The zero-order chi connectivity index (χ0) is 21.2. The van der Waals surface area contributed by atoms with Crippen molar-refractivity contribution in [1.29, 1.82) is 0 Å². The highest BCUT2D eigenvalue weighted by molar-refractivity contribution is 6.09. The second kappa shape index (κ2) is 7.80. The molecule has 0 saturated heterocycles. The van der Waals surface area contributed by atoms with Gasteiger partial charge in [-0.3, -0.25) is 9.59 Å². The fourth-order valence-corrected chi connectivity index (χ4v) is 3.50. The number of methoxy groups -OCH3 is 1. The molecule has 1 amide bonds. The average Bonchev–Trinajstić information content (AvgIpc) is 2.72. The quantitative estimate of drug-likeness (QED) is 0.769. The van der Waals surface area contributed by atoms with Crippen LogP contribution in [0.1, 0.15) is 54.2 Å². The average molecular weight is 389 g/mol. The minimum Gasteiger partial charge on any atom is -0.369 e. The van der Waals surface area contributed by atoms with Gasteiger partial charge in [0.15, 0.2) is 5.78 Å². The molecule has 1 atom stereocenters. The number of carbonyl (C=O) groups is 2. The van der Waals surface area contributed by atoms with Crippen LogP contribution in [-0.4, -0.2) is 18.8 Å². The number of nitrogens with two attached hydrogens (primary N) is 1. The predicted octanol–water partition coefficient (Wildman–Crippen LogP) is 4.43. The smallest absolute Gasteiger partial charge is 0.248 e. The van der Waals surface area contributed by atoms with Crippen LogP contribution in [0.2, 0.25) is 0 Å². The van der Waals surface area contributed by atoms with E-state index in [0.717, 1.165) is 5.56 Å². The van der Waals surface area contributed by atoms with Crippen LogP contribution in [-0.2, 0) is 20.5 Å². The van der Waals surface area contributed by atoms with Gasteiger partial charge in [-0.2, -0.15) is 0 Å². The molecule has 29 heavy (non-hydrogen) atoms. The molecule has 3 rings (SSSR count). The number of primary amides is 1. The first kappa shape index (κ1) is 20.7. The predicted molar refractivity (Wildman–Crippen MR) is 115 cm³/mol. The number of ketones is 1. The highest BCUT2D eigenvalue weighted by atomic mass is 16.5. The first-order valence-corrected chi connectivity index (χ1v) is 9.66. The maximum atomic E-state index is 13.0. The molecule has 2 aromatic rings. The Morgan fingerprint density at radius 2 is 1.72 bits per heavy atom. The van der Waals surface area contributed by atoms with E-state index < -0.39 is 11.5 Å². The standard InChI is InChI=1S/C25H27NO3/c1-24(2,3)20-10-8-17(9-11-20)22(27)19-6-5-7-21(16-19)25(29-4)14-12-18(13-15-25)23(26)28/h5-14,16H,15H2,1-4H3,(H2,26,28). The second-order valence-electron chi connectivity index (χ2n) is 8.39. The third-order valence-electron chi connectivity index (χ3n) is 5.43. The first-order valence-electron chi connectivity index (χ1n) is 9.66. The number of benzene rings is 2. The Labute approximate surface area is 172 Å². The number of amides is 1. The van der Waals surface area contributed by atoms with Crippen molar-refractivity contribution in [2.24, 2.45) is 5.73 Å². The molecule has 0 bridgehead atoms. The molecule has 0 saturated carbocycles. The maximum Gasteiger partial charge on any atom is 0.248 e. The summed E-state index contributed by atoms with van der Waals surface area (Å²) in [6.45, 7) is 6.44. The molecule has 0 fully saturated rings. The molecule has 1 unspecified atom stereocenters. The second-order valence-corrected chi connectivity index (χ2v) is 8.39. The molecule has 1 aliphatic carbocycles.